The maximum absolute atomic E-state index is 12.6. The topological polar surface area (TPSA) is 15.3 Å². The third-order valence-electron chi connectivity index (χ3n) is 4.32. The highest BCUT2D eigenvalue weighted by Crippen LogP contribution is 2.37. The van der Waals surface area contributed by atoms with E-state index in [9.17, 15) is 13.2 Å². The lowest BCUT2D eigenvalue weighted by atomic mass is 9.85. The third-order valence-corrected chi connectivity index (χ3v) is 4.32. The van der Waals surface area contributed by atoms with Gasteiger partial charge in [0.15, 0.2) is 0 Å². The van der Waals surface area contributed by atoms with Crippen LogP contribution in [-0.4, -0.2) is 42.3 Å². The summed E-state index contributed by atoms with van der Waals surface area (Å²) < 4.78 is 37.7. The summed E-state index contributed by atoms with van der Waals surface area (Å²) >= 11 is 0. The Bertz CT molecular complexity index is 261. The summed E-state index contributed by atoms with van der Waals surface area (Å²) in [6.45, 7) is 10.5. The quantitative estimate of drug-likeness (QED) is 0.801. The van der Waals surface area contributed by atoms with Gasteiger partial charge in [-0.25, -0.2) is 0 Å². The van der Waals surface area contributed by atoms with Crippen molar-refractivity contribution in [3.63, 3.8) is 0 Å². The van der Waals surface area contributed by atoms with Crippen molar-refractivity contribution in [3.8, 4) is 0 Å². The minimum absolute atomic E-state index is 0.259. The normalized spacial score (nSPS) is 24.9. The van der Waals surface area contributed by atoms with Crippen molar-refractivity contribution in [3.05, 3.63) is 0 Å². The van der Waals surface area contributed by atoms with Crippen LogP contribution in [0.25, 0.3) is 0 Å². The van der Waals surface area contributed by atoms with E-state index in [1.807, 2.05) is 0 Å². The summed E-state index contributed by atoms with van der Waals surface area (Å²) in [4.78, 5) is 2.40. The molecule has 0 atom stereocenters. The second kappa shape index (κ2) is 7.64. The number of rotatable bonds is 6. The minimum atomic E-state index is -4.00. The van der Waals surface area contributed by atoms with Crippen molar-refractivity contribution < 1.29 is 13.2 Å². The number of halogens is 3. The molecule has 1 N–H and O–H groups in total. The van der Waals surface area contributed by atoms with Crippen LogP contribution >= 0.6 is 0 Å². The summed E-state index contributed by atoms with van der Waals surface area (Å²) in [6, 6.07) is 1.25. The Morgan fingerprint density at radius 2 is 1.50 bits per heavy atom. The molecule has 0 unspecified atom stereocenters. The molecule has 0 aromatic rings. The molecular weight excluding hydrogens is 265 g/mol. The van der Waals surface area contributed by atoms with Crippen LogP contribution in [0.5, 0.6) is 0 Å². The summed E-state index contributed by atoms with van der Waals surface area (Å²) in [5.74, 6) is -1.08. The minimum Gasteiger partial charge on any atom is -0.313 e. The van der Waals surface area contributed by atoms with Gasteiger partial charge < -0.3 is 5.32 Å². The molecule has 0 aliphatic heterocycles. The van der Waals surface area contributed by atoms with E-state index in [1.54, 1.807) is 0 Å². The molecule has 20 heavy (non-hydrogen) atoms. The van der Waals surface area contributed by atoms with E-state index in [2.05, 4.69) is 37.9 Å². The fourth-order valence-corrected chi connectivity index (χ4v) is 3.14. The van der Waals surface area contributed by atoms with Crippen LogP contribution in [0.15, 0.2) is 0 Å². The van der Waals surface area contributed by atoms with E-state index in [1.165, 1.54) is 0 Å². The first kappa shape index (κ1) is 17.8. The zero-order valence-corrected chi connectivity index (χ0v) is 13.1. The predicted molar refractivity (Wildman–Crippen MR) is 76.8 cm³/mol. The lowest BCUT2D eigenvalue weighted by Gasteiger charge is -2.33. The number of hydrogen-bond donors (Lipinski definition) is 1. The van der Waals surface area contributed by atoms with Crippen molar-refractivity contribution >= 4 is 0 Å². The van der Waals surface area contributed by atoms with Crippen LogP contribution in [0, 0.1) is 5.92 Å². The molecule has 1 aliphatic rings. The van der Waals surface area contributed by atoms with Gasteiger partial charge in [-0.05, 0) is 53.4 Å². The van der Waals surface area contributed by atoms with E-state index in [0.29, 0.717) is 24.9 Å². The number of hydrogen-bond acceptors (Lipinski definition) is 2. The van der Waals surface area contributed by atoms with Gasteiger partial charge in [-0.15, -0.1) is 0 Å². The molecule has 0 bridgehead atoms. The Balaban J connectivity index is 2.25. The molecule has 1 aliphatic carbocycles. The molecule has 0 spiro atoms. The standard InChI is InChI=1S/C15H29F3N2/c1-11(2)20(12(3)4)10-9-19-14-7-5-13(6-8-14)15(16,17)18/h11-14,19H,5-10H2,1-4H3. The fourth-order valence-electron chi connectivity index (χ4n) is 3.14. The lowest BCUT2D eigenvalue weighted by Crippen LogP contribution is -2.44. The highest BCUT2D eigenvalue weighted by atomic mass is 19.4. The lowest BCUT2D eigenvalue weighted by molar-refractivity contribution is -0.182. The van der Waals surface area contributed by atoms with Crippen molar-refractivity contribution in [2.45, 2.75) is 77.7 Å². The van der Waals surface area contributed by atoms with Crippen LogP contribution in [0.2, 0.25) is 0 Å². The molecule has 1 fully saturated rings. The summed E-state index contributed by atoms with van der Waals surface area (Å²) in [7, 11) is 0. The average molecular weight is 294 g/mol. The van der Waals surface area contributed by atoms with E-state index in [0.717, 1.165) is 13.1 Å². The Labute approximate surface area is 121 Å². The maximum atomic E-state index is 12.6. The highest BCUT2D eigenvalue weighted by Gasteiger charge is 2.41. The van der Waals surface area contributed by atoms with Crippen LogP contribution in [0.4, 0.5) is 13.2 Å². The molecule has 5 heteroatoms. The maximum Gasteiger partial charge on any atom is 0.391 e. The first-order chi connectivity index (χ1) is 9.21. The third kappa shape index (κ3) is 5.60. The van der Waals surface area contributed by atoms with Crippen LogP contribution < -0.4 is 5.32 Å². The second-order valence-electron chi connectivity index (χ2n) is 6.47. The Hall–Kier alpha value is -0.290. The van der Waals surface area contributed by atoms with Crippen LogP contribution in [0.3, 0.4) is 0 Å². The fraction of sp³-hybridized carbons (Fsp3) is 1.00. The van der Waals surface area contributed by atoms with Gasteiger partial charge in [0.2, 0.25) is 0 Å². The molecule has 2 nitrogen and oxygen atoms in total. The smallest absolute Gasteiger partial charge is 0.313 e. The summed E-state index contributed by atoms with van der Waals surface area (Å²) in [5.41, 5.74) is 0. The largest absolute Gasteiger partial charge is 0.391 e. The second-order valence-corrected chi connectivity index (χ2v) is 6.47. The molecule has 0 radical (unpaired) electrons. The van der Waals surface area contributed by atoms with E-state index >= 15 is 0 Å². The molecule has 0 aromatic heterocycles. The number of nitrogens with one attached hydrogen (secondary N) is 1. The van der Waals surface area contributed by atoms with Gasteiger partial charge in [0.25, 0.3) is 0 Å². The number of nitrogens with zero attached hydrogens (tertiary/aromatic N) is 1. The summed E-state index contributed by atoms with van der Waals surface area (Å²) in [6.07, 6.45) is -2.16. The van der Waals surface area contributed by atoms with Gasteiger partial charge in [-0.2, -0.15) is 13.2 Å². The first-order valence-corrected chi connectivity index (χ1v) is 7.77. The average Bonchev–Trinajstić information content (AvgIpc) is 2.33. The molecule has 120 valence electrons. The first-order valence-electron chi connectivity index (χ1n) is 7.77. The van der Waals surface area contributed by atoms with Crippen molar-refractivity contribution in [1.82, 2.24) is 10.2 Å². The zero-order valence-electron chi connectivity index (χ0n) is 13.1. The van der Waals surface area contributed by atoms with Gasteiger partial charge in [-0.3, -0.25) is 4.90 Å². The van der Waals surface area contributed by atoms with Gasteiger partial charge in [-0.1, -0.05) is 0 Å². The van der Waals surface area contributed by atoms with Crippen molar-refractivity contribution in [1.29, 1.82) is 0 Å². The van der Waals surface area contributed by atoms with Crippen molar-refractivity contribution in [2.75, 3.05) is 13.1 Å². The van der Waals surface area contributed by atoms with Crippen LogP contribution in [-0.2, 0) is 0 Å². The summed E-state index contributed by atoms with van der Waals surface area (Å²) in [5, 5.41) is 3.42. The van der Waals surface area contributed by atoms with Gasteiger partial charge >= 0.3 is 6.18 Å². The number of alkyl halides is 3. The van der Waals surface area contributed by atoms with E-state index in [-0.39, 0.29) is 18.9 Å². The van der Waals surface area contributed by atoms with E-state index in [4.69, 9.17) is 0 Å². The molecular formula is C15H29F3N2. The Kier molecular flexibility index (Phi) is 6.79. The van der Waals surface area contributed by atoms with Crippen LogP contribution in [0.1, 0.15) is 53.4 Å². The van der Waals surface area contributed by atoms with Gasteiger partial charge in [0, 0.05) is 31.2 Å². The molecule has 1 saturated carbocycles. The predicted octanol–water partition coefficient (Wildman–Crippen LogP) is 3.82. The Morgan fingerprint density at radius 3 is 1.90 bits per heavy atom. The van der Waals surface area contributed by atoms with Gasteiger partial charge in [0.1, 0.15) is 0 Å². The highest BCUT2D eigenvalue weighted by molar-refractivity contribution is 4.81. The molecule has 0 heterocycles. The van der Waals surface area contributed by atoms with Crippen molar-refractivity contribution in [2.24, 2.45) is 5.92 Å². The molecule has 0 amide bonds. The molecule has 0 saturated heterocycles. The van der Waals surface area contributed by atoms with Gasteiger partial charge in [0.05, 0.1) is 5.92 Å². The Morgan fingerprint density at radius 1 is 1.00 bits per heavy atom. The molecule has 0 aromatic carbocycles. The zero-order chi connectivity index (χ0) is 15.3. The van der Waals surface area contributed by atoms with E-state index < -0.39 is 12.1 Å². The SMILES string of the molecule is CC(C)N(CCNC1CCC(C(F)(F)F)CC1)C(C)C. The molecule has 1 rings (SSSR count). The monoisotopic (exact) mass is 294 g/mol.